The fraction of sp³-hybridized carbons (Fsp3) is 0.125. The van der Waals surface area contributed by atoms with Gasteiger partial charge in [0.15, 0.2) is 0 Å². The number of fused-ring (bicyclic) bond motifs is 1. The van der Waals surface area contributed by atoms with E-state index in [1.165, 1.54) is 12.5 Å². The van der Waals surface area contributed by atoms with Gasteiger partial charge < -0.3 is 20.9 Å². The first-order valence-electron chi connectivity index (χ1n) is 7.19. The zero-order valence-corrected chi connectivity index (χ0v) is 13.0. The van der Waals surface area contributed by atoms with E-state index in [1.54, 1.807) is 36.5 Å². The van der Waals surface area contributed by atoms with Crippen molar-refractivity contribution < 1.29 is 19.8 Å². The fourth-order valence-electron chi connectivity index (χ4n) is 2.06. The minimum Gasteiger partial charge on any atom is -0.480 e. The number of aromatic amines is 1. The van der Waals surface area contributed by atoms with Crippen LogP contribution in [0, 0.1) is 0 Å². The van der Waals surface area contributed by atoms with Gasteiger partial charge in [0.2, 0.25) is 0 Å². The smallest absolute Gasteiger partial charge is 0.418 e. The number of pyridine rings is 1. The molecule has 0 aliphatic rings. The van der Waals surface area contributed by atoms with Gasteiger partial charge in [-0.3, -0.25) is 9.59 Å². The highest BCUT2D eigenvalue weighted by atomic mass is 16.4. The maximum Gasteiger partial charge on any atom is 0.418 e. The van der Waals surface area contributed by atoms with Crippen molar-refractivity contribution in [3.8, 4) is 0 Å². The van der Waals surface area contributed by atoms with Gasteiger partial charge in [0.1, 0.15) is 6.04 Å². The molecule has 0 radical (unpaired) electrons. The number of carbonyl (C=O) groups is 2. The summed E-state index contributed by atoms with van der Waals surface area (Å²) in [7, 11) is 0. The van der Waals surface area contributed by atoms with E-state index in [4.69, 9.17) is 15.9 Å². The molecule has 0 spiro atoms. The molecular weight excluding hydrogens is 328 g/mol. The molecule has 0 aliphatic carbocycles. The second-order valence-corrected chi connectivity index (χ2v) is 5.09. The predicted molar refractivity (Wildman–Crippen MR) is 89.5 cm³/mol. The second-order valence-electron chi connectivity index (χ2n) is 5.09. The van der Waals surface area contributed by atoms with Crippen LogP contribution in [0.4, 0.5) is 4.79 Å². The number of nitrogens with one attached hydrogen (secondary N) is 1. The minimum absolute atomic E-state index is 0.287. The zero-order chi connectivity index (χ0) is 18.4. The Hall–Kier alpha value is -3.46. The van der Waals surface area contributed by atoms with E-state index >= 15 is 0 Å². The van der Waals surface area contributed by atoms with E-state index in [1.807, 2.05) is 0 Å². The molecule has 0 amide bonds. The molecule has 130 valence electrons. The average Bonchev–Trinajstić information content (AvgIpc) is 3.08. The highest BCUT2D eigenvalue weighted by Gasteiger charge is 2.12. The Bertz CT molecular complexity index is 933. The van der Waals surface area contributed by atoms with Gasteiger partial charge in [0.25, 0.3) is 5.56 Å². The molecular formula is C16H16N4O5. The standard InChI is InChI=1S/C10H7NO3.C6H9N3O2/c12-9-8-4-2-1-3-7(8)5-6-11(9)10(13)14;7-5(6(10)11)1-4-2-8-3-9-4/h1-6H,(H,13,14);2-3,5H,1,7H2,(H,8,9)(H,10,11)/t;5-/m.0/s1. The molecule has 2 aromatic heterocycles. The van der Waals surface area contributed by atoms with E-state index < -0.39 is 23.7 Å². The summed E-state index contributed by atoms with van der Waals surface area (Å²) in [6.45, 7) is 0. The van der Waals surface area contributed by atoms with Crippen molar-refractivity contribution in [1.82, 2.24) is 14.5 Å². The van der Waals surface area contributed by atoms with Crippen molar-refractivity contribution in [3.63, 3.8) is 0 Å². The molecule has 5 N–H and O–H groups in total. The Kier molecular flexibility index (Phi) is 5.64. The maximum absolute atomic E-state index is 11.6. The van der Waals surface area contributed by atoms with Crippen molar-refractivity contribution in [2.45, 2.75) is 12.5 Å². The molecule has 0 fully saturated rings. The highest BCUT2D eigenvalue weighted by molar-refractivity contribution is 5.83. The Morgan fingerprint density at radius 1 is 1.24 bits per heavy atom. The van der Waals surface area contributed by atoms with E-state index in [2.05, 4.69) is 9.97 Å². The van der Waals surface area contributed by atoms with Crippen LogP contribution in [-0.4, -0.2) is 42.9 Å². The summed E-state index contributed by atoms with van der Waals surface area (Å²) in [6.07, 6.45) is 3.33. The first kappa shape index (κ1) is 17.9. The van der Waals surface area contributed by atoms with E-state index in [9.17, 15) is 14.4 Å². The molecule has 1 aromatic carbocycles. The van der Waals surface area contributed by atoms with Crippen LogP contribution >= 0.6 is 0 Å². The molecule has 0 saturated heterocycles. The second kappa shape index (κ2) is 7.88. The van der Waals surface area contributed by atoms with Gasteiger partial charge in [-0.15, -0.1) is 0 Å². The first-order valence-corrected chi connectivity index (χ1v) is 7.19. The van der Waals surface area contributed by atoms with Crippen LogP contribution in [0.2, 0.25) is 0 Å². The number of nitrogens with two attached hydrogens (primary N) is 1. The van der Waals surface area contributed by atoms with E-state index in [-0.39, 0.29) is 6.42 Å². The van der Waals surface area contributed by atoms with Gasteiger partial charge in [-0.05, 0) is 17.5 Å². The number of hydrogen-bond donors (Lipinski definition) is 4. The molecule has 0 aliphatic heterocycles. The lowest BCUT2D eigenvalue weighted by Gasteiger charge is -2.02. The highest BCUT2D eigenvalue weighted by Crippen LogP contribution is 2.07. The van der Waals surface area contributed by atoms with Crippen LogP contribution < -0.4 is 11.3 Å². The van der Waals surface area contributed by atoms with Crippen LogP contribution in [-0.2, 0) is 11.2 Å². The number of aromatic nitrogens is 3. The number of hydrogen-bond acceptors (Lipinski definition) is 5. The molecule has 25 heavy (non-hydrogen) atoms. The SMILES string of the molecule is N[C@@H](Cc1cnc[nH]1)C(=O)O.O=C(O)n1ccc2ccccc2c1=O. The molecule has 0 saturated carbocycles. The fourth-order valence-corrected chi connectivity index (χ4v) is 2.06. The third kappa shape index (κ3) is 4.52. The number of rotatable bonds is 3. The largest absolute Gasteiger partial charge is 0.480 e. The van der Waals surface area contributed by atoms with Crippen molar-refractivity contribution in [3.05, 3.63) is 65.1 Å². The first-order chi connectivity index (χ1) is 11.9. The van der Waals surface area contributed by atoms with Crippen LogP contribution in [0.1, 0.15) is 5.69 Å². The quantitative estimate of drug-likeness (QED) is 0.550. The van der Waals surface area contributed by atoms with Crippen LogP contribution in [0.3, 0.4) is 0 Å². The summed E-state index contributed by atoms with van der Waals surface area (Å²) in [5, 5.41) is 18.3. The molecule has 3 rings (SSSR count). The van der Waals surface area contributed by atoms with Crippen molar-refractivity contribution >= 4 is 22.8 Å². The van der Waals surface area contributed by atoms with Gasteiger partial charge in [-0.1, -0.05) is 18.2 Å². The van der Waals surface area contributed by atoms with Gasteiger partial charge in [-0.25, -0.2) is 14.3 Å². The third-order valence-electron chi connectivity index (χ3n) is 3.33. The van der Waals surface area contributed by atoms with E-state index in [0.29, 0.717) is 9.95 Å². The molecule has 9 nitrogen and oxygen atoms in total. The average molecular weight is 344 g/mol. The summed E-state index contributed by atoms with van der Waals surface area (Å²) in [6, 6.07) is 7.63. The molecule has 2 heterocycles. The van der Waals surface area contributed by atoms with Crippen molar-refractivity contribution in [2.24, 2.45) is 5.73 Å². The van der Waals surface area contributed by atoms with Gasteiger partial charge >= 0.3 is 12.1 Å². The zero-order valence-electron chi connectivity index (χ0n) is 13.0. The molecule has 0 unspecified atom stereocenters. The van der Waals surface area contributed by atoms with Crippen molar-refractivity contribution in [1.29, 1.82) is 0 Å². The summed E-state index contributed by atoms with van der Waals surface area (Å²) in [5.41, 5.74) is 5.49. The number of nitrogens with zero attached hydrogens (tertiary/aromatic N) is 2. The maximum atomic E-state index is 11.6. The summed E-state index contributed by atoms with van der Waals surface area (Å²) >= 11 is 0. The lowest BCUT2D eigenvalue weighted by molar-refractivity contribution is -0.138. The number of carboxylic acid groups (broad SMARTS) is 2. The Balaban J connectivity index is 0.000000186. The summed E-state index contributed by atoms with van der Waals surface area (Å²) < 4.78 is 0.669. The van der Waals surface area contributed by atoms with Crippen molar-refractivity contribution in [2.75, 3.05) is 0 Å². The number of H-pyrrole nitrogens is 1. The monoisotopic (exact) mass is 344 g/mol. The van der Waals surface area contributed by atoms with Crippen LogP contribution in [0.15, 0.2) is 53.8 Å². The number of aliphatic carboxylic acids is 1. The summed E-state index contributed by atoms with van der Waals surface area (Å²) in [5.74, 6) is -1.00. The Morgan fingerprint density at radius 2 is 1.96 bits per heavy atom. The topological polar surface area (TPSA) is 151 Å². The van der Waals surface area contributed by atoms with Crippen LogP contribution in [0.25, 0.3) is 10.8 Å². The molecule has 9 heteroatoms. The van der Waals surface area contributed by atoms with Gasteiger partial charge in [0, 0.05) is 29.9 Å². The summed E-state index contributed by atoms with van der Waals surface area (Å²) in [4.78, 5) is 38.9. The lowest BCUT2D eigenvalue weighted by atomic mass is 10.2. The third-order valence-corrected chi connectivity index (χ3v) is 3.33. The van der Waals surface area contributed by atoms with Gasteiger partial charge in [-0.2, -0.15) is 0 Å². The molecule has 3 aromatic rings. The van der Waals surface area contributed by atoms with Gasteiger partial charge in [0.05, 0.1) is 6.33 Å². The van der Waals surface area contributed by atoms with Crippen LogP contribution in [0.5, 0.6) is 0 Å². The number of benzene rings is 1. The Morgan fingerprint density at radius 3 is 2.56 bits per heavy atom. The molecule has 1 atom stereocenters. The normalized spacial score (nSPS) is 11.4. The lowest BCUT2D eigenvalue weighted by Crippen LogP contribution is -2.32. The van der Waals surface area contributed by atoms with E-state index in [0.717, 1.165) is 11.1 Å². The predicted octanol–water partition coefficient (Wildman–Crippen LogP) is 0.892. The molecule has 0 bridgehead atoms. The minimum atomic E-state index is -1.26. The Labute approximate surface area is 141 Å². The number of imidazole rings is 1. The number of carboxylic acids is 1.